The molecule has 0 radical (unpaired) electrons. The first kappa shape index (κ1) is 17.2. The van der Waals surface area contributed by atoms with Crippen LogP contribution in [-0.2, 0) is 11.2 Å². The lowest BCUT2D eigenvalue weighted by Gasteiger charge is -2.27. The van der Waals surface area contributed by atoms with E-state index in [1.165, 1.54) is 6.42 Å². The maximum absolute atomic E-state index is 12.6. The van der Waals surface area contributed by atoms with Gasteiger partial charge in [-0.15, -0.1) is 0 Å². The molecule has 0 aromatic heterocycles. The Morgan fingerprint density at radius 2 is 2.25 bits per heavy atom. The van der Waals surface area contributed by atoms with Crippen LogP contribution in [-0.4, -0.2) is 45.4 Å². The normalized spacial score (nSPS) is 21.5. The third kappa shape index (κ3) is 4.28. The third-order valence-electron chi connectivity index (χ3n) is 5.00. The van der Waals surface area contributed by atoms with Crippen molar-refractivity contribution in [1.29, 1.82) is 0 Å². The smallest absolute Gasteiger partial charge is 0.251 e. The van der Waals surface area contributed by atoms with E-state index in [0.29, 0.717) is 12.5 Å². The predicted molar refractivity (Wildman–Crippen MR) is 93.6 cm³/mol. The second kappa shape index (κ2) is 8.49. The molecule has 3 rings (SSSR count). The molecular weight excluding hydrogens is 304 g/mol. The zero-order chi connectivity index (χ0) is 16.8. The summed E-state index contributed by atoms with van der Waals surface area (Å²) >= 11 is 0. The van der Waals surface area contributed by atoms with Gasteiger partial charge in [-0.1, -0.05) is 6.07 Å². The molecule has 1 amide bonds. The van der Waals surface area contributed by atoms with Gasteiger partial charge in [0, 0.05) is 36.9 Å². The van der Waals surface area contributed by atoms with E-state index in [1.54, 1.807) is 0 Å². The number of hydrogen-bond acceptors (Lipinski definition) is 4. The molecule has 0 spiro atoms. The van der Waals surface area contributed by atoms with Crippen LogP contribution in [0.5, 0.6) is 5.75 Å². The fourth-order valence-electron chi connectivity index (χ4n) is 3.61. The summed E-state index contributed by atoms with van der Waals surface area (Å²) in [5.74, 6) is 1.45. The summed E-state index contributed by atoms with van der Waals surface area (Å²) in [4.78, 5) is 12.6. The topological polar surface area (TPSA) is 59.6 Å². The molecule has 1 aromatic carbocycles. The van der Waals surface area contributed by atoms with E-state index >= 15 is 0 Å². The number of fused-ring (bicyclic) bond motifs is 1. The third-order valence-corrected chi connectivity index (χ3v) is 5.00. The number of nitrogens with one attached hydrogen (secondary N) is 2. The van der Waals surface area contributed by atoms with E-state index in [2.05, 4.69) is 10.6 Å². The fourth-order valence-corrected chi connectivity index (χ4v) is 3.61. The van der Waals surface area contributed by atoms with Crippen LogP contribution < -0.4 is 15.4 Å². The molecule has 132 valence electrons. The van der Waals surface area contributed by atoms with Gasteiger partial charge in [-0.3, -0.25) is 4.79 Å². The standard InChI is InChI=1S/C19H28N2O3/c1-20-15(11-14-5-3-9-23-13-14)12-21-19(22)17-6-2-8-18-16(17)7-4-10-24-18/h2,6,8,14-15,20H,3-5,7,9-13H2,1H3,(H,21,22)/t14-,15+/m1/s1. The van der Waals surface area contributed by atoms with Crippen LogP contribution in [0.3, 0.4) is 0 Å². The van der Waals surface area contributed by atoms with Gasteiger partial charge in [-0.25, -0.2) is 0 Å². The average molecular weight is 332 g/mol. The van der Waals surface area contributed by atoms with Gasteiger partial charge >= 0.3 is 0 Å². The number of benzene rings is 1. The highest BCUT2D eigenvalue weighted by atomic mass is 16.5. The zero-order valence-electron chi connectivity index (χ0n) is 14.5. The van der Waals surface area contributed by atoms with Gasteiger partial charge in [0.15, 0.2) is 0 Å². The van der Waals surface area contributed by atoms with Gasteiger partial charge in [0.2, 0.25) is 0 Å². The molecule has 1 fully saturated rings. The Morgan fingerprint density at radius 3 is 3.04 bits per heavy atom. The van der Waals surface area contributed by atoms with Gasteiger partial charge in [-0.05, 0) is 57.2 Å². The molecule has 2 N–H and O–H groups in total. The number of ether oxygens (including phenoxy) is 2. The number of likely N-dealkylation sites (N-methyl/N-ethyl adjacent to an activating group) is 1. The summed E-state index contributed by atoms with van der Waals surface area (Å²) in [7, 11) is 1.96. The Labute approximate surface area is 144 Å². The molecule has 2 heterocycles. The Hall–Kier alpha value is -1.59. The van der Waals surface area contributed by atoms with Crippen molar-refractivity contribution in [3.63, 3.8) is 0 Å². The highest BCUT2D eigenvalue weighted by molar-refractivity contribution is 5.96. The number of amides is 1. The van der Waals surface area contributed by atoms with E-state index in [9.17, 15) is 4.79 Å². The summed E-state index contributed by atoms with van der Waals surface area (Å²) < 4.78 is 11.2. The maximum Gasteiger partial charge on any atom is 0.251 e. The summed E-state index contributed by atoms with van der Waals surface area (Å²) in [6.45, 7) is 3.11. The molecule has 5 heteroatoms. The Morgan fingerprint density at radius 1 is 1.33 bits per heavy atom. The molecule has 0 saturated carbocycles. The zero-order valence-corrected chi connectivity index (χ0v) is 14.5. The molecule has 0 bridgehead atoms. The first-order chi connectivity index (χ1) is 11.8. The molecule has 2 aliphatic heterocycles. The monoisotopic (exact) mass is 332 g/mol. The van der Waals surface area contributed by atoms with Crippen molar-refractivity contribution in [3.05, 3.63) is 29.3 Å². The molecule has 5 nitrogen and oxygen atoms in total. The summed E-state index contributed by atoms with van der Waals surface area (Å²) in [5, 5.41) is 6.42. The molecule has 0 aliphatic carbocycles. The Bertz CT molecular complexity index is 556. The van der Waals surface area contributed by atoms with E-state index in [0.717, 1.165) is 62.4 Å². The molecule has 0 unspecified atom stereocenters. The first-order valence-electron chi connectivity index (χ1n) is 9.06. The van der Waals surface area contributed by atoms with Gasteiger partial charge in [0.25, 0.3) is 5.91 Å². The molecule has 24 heavy (non-hydrogen) atoms. The highest BCUT2D eigenvalue weighted by Gasteiger charge is 2.21. The van der Waals surface area contributed by atoms with Crippen LogP contribution in [0.4, 0.5) is 0 Å². The van der Waals surface area contributed by atoms with Crippen molar-refractivity contribution >= 4 is 5.91 Å². The van der Waals surface area contributed by atoms with E-state index in [4.69, 9.17) is 9.47 Å². The Kier molecular flexibility index (Phi) is 6.10. The summed E-state index contributed by atoms with van der Waals surface area (Å²) in [6.07, 6.45) is 5.28. The number of carbonyl (C=O) groups excluding carboxylic acids is 1. The lowest BCUT2D eigenvalue weighted by molar-refractivity contribution is 0.0478. The van der Waals surface area contributed by atoms with Crippen LogP contribution in [0.15, 0.2) is 18.2 Å². The lowest BCUT2D eigenvalue weighted by atomic mass is 9.94. The highest BCUT2D eigenvalue weighted by Crippen LogP contribution is 2.27. The van der Waals surface area contributed by atoms with E-state index in [1.807, 2.05) is 25.2 Å². The van der Waals surface area contributed by atoms with E-state index < -0.39 is 0 Å². The Balaban J connectivity index is 1.56. The van der Waals surface area contributed by atoms with Crippen molar-refractivity contribution in [1.82, 2.24) is 10.6 Å². The summed E-state index contributed by atoms with van der Waals surface area (Å²) in [5.41, 5.74) is 1.80. The minimum Gasteiger partial charge on any atom is -0.493 e. The lowest BCUT2D eigenvalue weighted by Crippen LogP contribution is -2.41. The molecule has 1 aromatic rings. The second-order valence-electron chi connectivity index (χ2n) is 6.75. The molecule has 2 aliphatic rings. The first-order valence-corrected chi connectivity index (χ1v) is 9.06. The van der Waals surface area contributed by atoms with Crippen LogP contribution in [0.1, 0.15) is 41.6 Å². The van der Waals surface area contributed by atoms with Crippen molar-refractivity contribution in [3.8, 4) is 5.75 Å². The van der Waals surface area contributed by atoms with Crippen molar-refractivity contribution < 1.29 is 14.3 Å². The minimum absolute atomic E-state index is 0.00232. The predicted octanol–water partition coefficient (Wildman–Crippen LogP) is 2.15. The SMILES string of the molecule is CN[C@H](CNC(=O)c1cccc2c1CCCO2)C[C@H]1CCCOC1. The van der Waals surface area contributed by atoms with Crippen LogP contribution in [0.25, 0.3) is 0 Å². The average Bonchev–Trinajstić information content (AvgIpc) is 2.65. The van der Waals surface area contributed by atoms with Crippen LogP contribution in [0.2, 0.25) is 0 Å². The van der Waals surface area contributed by atoms with Gasteiger partial charge in [0.1, 0.15) is 5.75 Å². The number of hydrogen-bond donors (Lipinski definition) is 2. The summed E-state index contributed by atoms with van der Waals surface area (Å²) in [6, 6.07) is 6.02. The quantitative estimate of drug-likeness (QED) is 0.838. The van der Waals surface area contributed by atoms with E-state index in [-0.39, 0.29) is 11.9 Å². The van der Waals surface area contributed by atoms with Gasteiger partial charge < -0.3 is 20.1 Å². The van der Waals surface area contributed by atoms with Crippen molar-refractivity contribution in [2.75, 3.05) is 33.4 Å². The second-order valence-corrected chi connectivity index (χ2v) is 6.75. The van der Waals surface area contributed by atoms with Crippen molar-refractivity contribution in [2.24, 2.45) is 5.92 Å². The molecular formula is C19H28N2O3. The molecule has 2 atom stereocenters. The maximum atomic E-state index is 12.6. The largest absolute Gasteiger partial charge is 0.493 e. The number of carbonyl (C=O) groups is 1. The van der Waals surface area contributed by atoms with Gasteiger partial charge in [0.05, 0.1) is 6.61 Å². The number of rotatable bonds is 6. The minimum atomic E-state index is -0.00232. The van der Waals surface area contributed by atoms with Gasteiger partial charge in [-0.2, -0.15) is 0 Å². The van der Waals surface area contributed by atoms with Crippen LogP contribution >= 0.6 is 0 Å². The molecule has 1 saturated heterocycles. The fraction of sp³-hybridized carbons (Fsp3) is 0.632. The van der Waals surface area contributed by atoms with Crippen LogP contribution in [0, 0.1) is 5.92 Å². The van der Waals surface area contributed by atoms with Crippen molar-refractivity contribution in [2.45, 2.75) is 38.1 Å².